The number of hydrogen-bond donors (Lipinski definition) is 7. The molecule has 1 fully saturated rings. The van der Waals surface area contributed by atoms with Crippen LogP contribution in [-0.2, 0) is 14.3 Å². The van der Waals surface area contributed by atoms with E-state index < -0.39 is 61.5 Å². The number of ether oxygens (including phenoxy) is 2. The molecule has 8 atom stereocenters. The third-order valence-corrected chi connectivity index (χ3v) is 10.4. The van der Waals surface area contributed by atoms with Crippen molar-refractivity contribution in [1.82, 2.24) is 5.32 Å². The molecule has 0 saturated carbocycles. The first-order valence-corrected chi connectivity index (χ1v) is 21.7. The monoisotopic (exact) mass is 768 g/mol. The van der Waals surface area contributed by atoms with E-state index in [1.165, 1.54) is 108 Å². The molecule has 0 spiro atoms. The Morgan fingerprint density at radius 2 is 1.24 bits per heavy atom. The standard InChI is InChI=1S/C44H81NO9/c1-4-6-8-10-12-13-14-15-16-17-18-19-21-23-27-32-38(48)43(52)45-36(34-53-44-42(51)41(50)40(49)39(33-46)54-44)37(47)31-28-24-26-30-35(3)29-25-22-20-11-9-7-5-2/h25,28-31,36-42,44,46-51H,4-24,26-27,32-34H2,1-3H3,(H,45,52)/b29-25+,31-28+,35-30+/t36-,37+,38+,39+,40+,41-,42+,44+/m0/s1. The Hall–Kier alpha value is -1.63. The number of amides is 1. The Morgan fingerprint density at radius 1 is 0.704 bits per heavy atom. The molecular weight excluding hydrogens is 686 g/mol. The molecule has 0 aromatic heterocycles. The van der Waals surface area contributed by atoms with E-state index in [9.17, 15) is 35.4 Å². The van der Waals surface area contributed by atoms with Gasteiger partial charge < -0.3 is 45.4 Å². The molecule has 0 unspecified atom stereocenters. The van der Waals surface area contributed by atoms with Crippen LogP contribution < -0.4 is 5.32 Å². The Balaban J connectivity index is 2.55. The number of aliphatic hydroxyl groups is 6. The quantitative estimate of drug-likeness (QED) is 0.0200. The fraction of sp³-hybridized carbons (Fsp3) is 0.841. The molecule has 1 aliphatic rings. The Morgan fingerprint density at radius 3 is 1.80 bits per heavy atom. The van der Waals surface area contributed by atoms with Gasteiger partial charge in [-0.1, -0.05) is 172 Å². The summed E-state index contributed by atoms with van der Waals surface area (Å²) < 4.78 is 11.1. The van der Waals surface area contributed by atoms with Gasteiger partial charge in [0, 0.05) is 0 Å². The van der Waals surface area contributed by atoms with Gasteiger partial charge in [-0.05, 0) is 39.0 Å². The van der Waals surface area contributed by atoms with Crippen LogP contribution in [0.15, 0.2) is 36.0 Å². The SMILES string of the molecule is CCCCCCC/C=C/C(C)=C/CC/C=C/[C@@H](O)[C@H](CO[C@@H]1O[C@H](CO)[C@@H](O)[C@H](O)[C@H]1O)NC(=O)[C@H](O)CCCCCCCCCCCCCCCCC. The molecule has 10 heteroatoms. The second-order valence-electron chi connectivity index (χ2n) is 15.4. The number of unbranched alkanes of at least 4 members (excludes halogenated alkanes) is 20. The molecule has 7 N–H and O–H groups in total. The van der Waals surface area contributed by atoms with Crippen molar-refractivity contribution in [3.63, 3.8) is 0 Å². The van der Waals surface area contributed by atoms with Crippen molar-refractivity contribution in [2.45, 2.75) is 224 Å². The Kier molecular flexibility index (Phi) is 31.3. The maximum absolute atomic E-state index is 13.0. The molecule has 0 radical (unpaired) electrons. The van der Waals surface area contributed by atoms with E-state index in [2.05, 4.69) is 44.3 Å². The topological polar surface area (TPSA) is 169 Å². The molecule has 1 saturated heterocycles. The zero-order valence-electron chi connectivity index (χ0n) is 34.3. The van der Waals surface area contributed by atoms with Gasteiger partial charge in [-0.3, -0.25) is 4.79 Å². The van der Waals surface area contributed by atoms with E-state index in [0.717, 1.165) is 32.1 Å². The van der Waals surface area contributed by atoms with Crippen LogP contribution in [0.5, 0.6) is 0 Å². The summed E-state index contributed by atoms with van der Waals surface area (Å²) in [6.07, 6.45) is 27.7. The van der Waals surface area contributed by atoms with E-state index >= 15 is 0 Å². The maximum atomic E-state index is 13.0. The summed E-state index contributed by atoms with van der Waals surface area (Å²) in [4.78, 5) is 13.0. The lowest BCUT2D eigenvalue weighted by Crippen LogP contribution is -2.60. The van der Waals surface area contributed by atoms with Crippen LogP contribution in [0.2, 0.25) is 0 Å². The Bertz CT molecular complexity index is 987. The number of hydrogen-bond acceptors (Lipinski definition) is 9. The van der Waals surface area contributed by atoms with Gasteiger partial charge in [0.25, 0.3) is 0 Å². The predicted molar refractivity (Wildman–Crippen MR) is 218 cm³/mol. The van der Waals surface area contributed by atoms with Crippen LogP contribution in [0.25, 0.3) is 0 Å². The predicted octanol–water partition coefficient (Wildman–Crippen LogP) is 7.47. The number of nitrogens with one attached hydrogen (secondary N) is 1. The molecule has 0 aliphatic carbocycles. The van der Waals surface area contributed by atoms with Crippen LogP contribution in [0.4, 0.5) is 0 Å². The van der Waals surface area contributed by atoms with Gasteiger partial charge in [-0.2, -0.15) is 0 Å². The average Bonchev–Trinajstić information content (AvgIpc) is 3.16. The van der Waals surface area contributed by atoms with Crippen LogP contribution in [-0.4, -0.2) is 98.7 Å². The third-order valence-electron chi connectivity index (χ3n) is 10.4. The highest BCUT2D eigenvalue weighted by Crippen LogP contribution is 2.22. The van der Waals surface area contributed by atoms with Gasteiger partial charge in [0.1, 0.15) is 30.5 Å². The van der Waals surface area contributed by atoms with Gasteiger partial charge in [0.05, 0.1) is 25.4 Å². The van der Waals surface area contributed by atoms with E-state index in [1.54, 1.807) is 6.08 Å². The molecule has 0 aromatic carbocycles. The first kappa shape index (κ1) is 50.4. The fourth-order valence-corrected chi connectivity index (χ4v) is 6.73. The summed E-state index contributed by atoms with van der Waals surface area (Å²) in [6, 6.07) is -1.01. The largest absolute Gasteiger partial charge is 0.394 e. The lowest BCUT2D eigenvalue weighted by molar-refractivity contribution is -0.302. The molecular formula is C44H81NO9. The summed E-state index contributed by atoms with van der Waals surface area (Å²) in [5.74, 6) is -0.633. The van der Waals surface area contributed by atoms with Gasteiger partial charge >= 0.3 is 0 Å². The number of aliphatic hydroxyl groups excluding tert-OH is 6. The highest BCUT2D eigenvalue weighted by Gasteiger charge is 2.44. The summed E-state index contributed by atoms with van der Waals surface area (Å²) in [6.45, 7) is 5.61. The molecule has 316 valence electrons. The summed E-state index contributed by atoms with van der Waals surface area (Å²) in [5, 5.41) is 64.6. The minimum atomic E-state index is -1.62. The van der Waals surface area contributed by atoms with Crippen molar-refractivity contribution in [2.75, 3.05) is 13.2 Å². The van der Waals surface area contributed by atoms with Crippen molar-refractivity contribution in [1.29, 1.82) is 0 Å². The average molecular weight is 768 g/mol. The number of carbonyl (C=O) groups excluding carboxylic acids is 1. The zero-order valence-corrected chi connectivity index (χ0v) is 34.3. The summed E-state index contributed by atoms with van der Waals surface area (Å²) >= 11 is 0. The van der Waals surface area contributed by atoms with E-state index in [1.807, 2.05) is 6.08 Å². The summed E-state index contributed by atoms with van der Waals surface area (Å²) in [7, 11) is 0. The highest BCUT2D eigenvalue weighted by atomic mass is 16.7. The number of rotatable bonds is 34. The number of allylic oxidation sites excluding steroid dienone is 5. The zero-order chi connectivity index (χ0) is 39.8. The molecule has 54 heavy (non-hydrogen) atoms. The molecule has 10 nitrogen and oxygen atoms in total. The Labute approximate surface area is 328 Å². The molecule has 1 rings (SSSR count). The lowest BCUT2D eigenvalue weighted by Gasteiger charge is -2.40. The van der Waals surface area contributed by atoms with E-state index in [-0.39, 0.29) is 6.61 Å². The molecule has 1 heterocycles. The van der Waals surface area contributed by atoms with E-state index in [0.29, 0.717) is 19.3 Å². The smallest absolute Gasteiger partial charge is 0.249 e. The minimum Gasteiger partial charge on any atom is -0.394 e. The van der Waals surface area contributed by atoms with Crippen molar-refractivity contribution < 1.29 is 44.9 Å². The lowest BCUT2D eigenvalue weighted by atomic mass is 9.99. The first-order chi connectivity index (χ1) is 26.2. The summed E-state index contributed by atoms with van der Waals surface area (Å²) in [5.41, 5.74) is 1.18. The maximum Gasteiger partial charge on any atom is 0.249 e. The highest BCUT2D eigenvalue weighted by molar-refractivity contribution is 5.80. The number of carbonyl (C=O) groups is 1. The second-order valence-corrected chi connectivity index (χ2v) is 15.4. The van der Waals surface area contributed by atoms with Crippen molar-refractivity contribution in [3.8, 4) is 0 Å². The first-order valence-electron chi connectivity index (χ1n) is 21.7. The van der Waals surface area contributed by atoms with Gasteiger partial charge in [-0.25, -0.2) is 0 Å². The van der Waals surface area contributed by atoms with Crippen molar-refractivity contribution >= 4 is 5.91 Å². The van der Waals surface area contributed by atoms with Crippen LogP contribution in [0.3, 0.4) is 0 Å². The van der Waals surface area contributed by atoms with Crippen LogP contribution in [0.1, 0.15) is 175 Å². The molecule has 1 aliphatic heterocycles. The van der Waals surface area contributed by atoms with Gasteiger partial charge in [0.15, 0.2) is 6.29 Å². The van der Waals surface area contributed by atoms with Crippen LogP contribution >= 0.6 is 0 Å². The fourth-order valence-electron chi connectivity index (χ4n) is 6.73. The van der Waals surface area contributed by atoms with Crippen molar-refractivity contribution in [3.05, 3.63) is 36.0 Å². The molecule has 0 bridgehead atoms. The molecule has 1 amide bonds. The minimum absolute atomic E-state index is 0.301. The van der Waals surface area contributed by atoms with Crippen LogP contribution in [0, 0.1) is 0 Å². The van der Waals surface area contributed by atoms with Crippen molar-refractivity contribution in [2.24, 2.45) is 0 Å². The second kappa shape index (κ2) is 33.5. The molecule has 0 aromatic rings. The van der Waals surface area contributed by atoms with Gasteiger partial charge in [-0.15, -0.1) is 0 Å². The normalized spacial score (nSPS) is 22.6. The van der Waals surface area contributed by atoms with Gasteiger partial charge in [0.2, 0.25) is 5.91 Å². The third kappa shape index (κ3) is 24.1. The van der Waals surface area contributed by atoms with E-state index in [4.69, 9.17) is 9.47 Å².